The Hall–Kier alpha value is -3.71. The van der Waals surface area contributed by atoms with Gasteiger partial charge in [-0.15, -0.1) is 0 Å². The first-order valence-electron chi connectivity index (χ1n) is 9.72. The molecule has 0 saturated heterocycles. The molecule has 2 N–H and O–H groups in total. The third-order valence-electron chi connectivity index (χ3n) is 4.64. The number of amides is 2. The van der Waals surface area contributed by atoms with E-state index in [1.165, 1.54) is 12.1 Å². The van der Waals surface area contributed by atoms with Gasteiger partial charge in [-0.05, 0) is 79.1 Å². The van der Waals surface area contributed by atoms with Crippen LogP contribution in [0.2, 0.25) is 5.02 Å². The van der Waals surface area contributed by atoms with Crippen molar-refractivity contribution < 1.29 is 18.7 Å². The van der Waals surface area contributed by atoms with Crippen molar-refractivity contribution in [1.29, 1.82) is 0 Å². The molecule has 0 heterocycles. The van der Waals surface area contributed by atoms with Gasteiger partial charge in [0.1, 0.15) is 18.2 Å². The lowest BCUT2D eigenvalue weighted by Gasteiger charge is -2.09. The van der Waals surface area contributed by atoms with Crippen LogP contribution in [0.3, 0.4) is 0 Å². The number of carbonyl (C=O) groups is 2. The van der Waals surface area contributed by atoms with Crippen LogP contribution in [0.25, 0.3) is 0 Å². The highest BCUT2D eigenvalue weighted by atomic mass is 35.5. The Bertz CT molecular complexity index is 1150. The van der Waals surface area contributed by atoms with Crippen molar-refractivity contribution in [2.75, 3.05) is 5.32 Å². The molecule has 0 atom stereocenters. The maximum atomic E-state index is 13.0. The van der Waals surface area contributed by atoms with Crippen LogP contribution in [-0.2, 0) is 16.2 Å². The average molecular weight is 454 g/mol. The molecule has 3 aromatic carbocycles. The number of hydrogen-bond acceptors (Lipinski definition) is 4. The largest absolute Gasteiger partial charge is 0.489 e. The van der Waals surface area contributed by atoms with E-state index in [9.17, 15) is 14.0 Å². The normalized spacial score (nSPS) is 11.1. The van der Waals surface area contributed by atoms with Crippen LogP contribution in [0.5, 0.6) is 5.75 Å². The van der Waals surface area contributed by atoms with Gasteiger partial charge in [-0.2, -0.15) is 5.10 Å². The summed E-state index contributed by atoms with van der Waals surface area (Å²) in [6.07, 6.45) is 0. The van der Waals surface area contributed by atoms with Gasteiger partial charge in [0, 0.05) is 10.7 Å². The summed E-state index contributed by atoms with van der Waals surface area (Å²) in [7, 11) is 0. The molecule has 0 spiro atoms. The molecule has 164 valence electrons. The maximum absolute atomic E-state index is 13.0. The van der Waals surface area contributed by atoms with Gasteiger partial charge < -0.3 is 10.1 Å². The molecule has 0 aromatic heterocycles. The molecule has 0 radical (unpaired) electrons. The van der Waals surface area contributed by atoms with Gasteiger partial charge in [0.15, 0.2) is 0 Å². The monoisotopic (exact) mass is 453 g/mol. The van der Waals surface area contributed by atoms with Crippen LogP contribution >= 0.6 is 11.6 Å². The van der Waals surface area contributed by atoms with E-state index in [4.69, 9.17) is 16.3 Å². The SMILES string of the molecule is CC(=NNC(=O)C(=O)Nc1cccc(Cl)c1C)c1ccc(OCc2ccc(F)cc2)cc1. The summed E-state index contributed by atoms with van der Waals surface area (Å²) < 4.78 is 18.6. The quantitative estimate of drug-likeness (QED) is 0.318. The Morgan fingerprint density at radius 2 is 1.69 bits per heavy atom. The average Bonchev–Trinajstić information content (AvgIpc) is 2.80. The summed E-state index contributed by atoms with van der Waals surface area (Å²) in [5.74, 6) is -1.41. The van der Waals surface area contributed by atoms with E-state index in [0.29, 0.717) is 34.3 Å². The summed E-state index contributed by atoms with van der Waals surface area (Å²) in [5, 5.41) is 6.98. The fourth-order valence-corrected chi connectivity index (χ4v) is 2.89. The summed E-state index contributed by atoms with van der Waals surface area (Å²) in [6, 6.07) is 18.2. The van der Waals surface area contributed by atoms with E-state index < -0.39 is 11.8 Å². The molecule has 0 fully saturated rings. The summed E-state index contributed by atoms with van der Waals surface area (Å²) in [5.41, 5.74) is 5.46. The highest BCUT2D eigenvalue weighted by molar-refractivity contribution is 6.40. The van der Waals surface area contributed by atoms with Crippen molar-refractivity contribution in [3.63, 3.8) is 0 Å². The molecule has 32 heavy (non-hydrogen) atoms. The van der Waals surface area contributed by atoms with Gasteiger partial charge in [0.05, 0.1) is 5.71 Å². The molecule has 0 saturated carbocycles. The van der Waals surface area contributed by atoms with Crippen molar-refractivity contribution in [2.45, 2.75) is 20.5 Å². The molecule has 0 aliphatic heterocycles. The minimum Gasteiger partial charge on any atom is -0.489 e. The van der Waals surface area contributed by atoms with E-state index in [1.54, 1.807) is 68.4 Å². The second-order valence-corrected chi connectivity index (χ2v) is 7.35. The van der Waals surface area contributed by atoms with Gasteiger partial charge in [-0.1, -0.05) is 29.8 Å². The van der Waals surface area contributed by atoms with Crippen molar-refractivity contribution in [3.8, 4) is 5.75 Å². The smallest absolute Gasteiger partial charge is 0.329 e. The standard InChI is InChI=1S/C24H21ClFN3O3/c1-15-21(25)4-3-5-22(15)27-23(30)24(31)29-28-16(2)18-8-12-20(13-9-18)32-14-17-6-10-19(26)11-7-17/h3-13H,14H2,1-2H3,(H,27,30)(H,29,31). The number of halogens is 2. The van der Waals surface area contributed by atoms with Crippen LogP contribution in [0.1, 0.15) is 23.6 Å². The molecular weight excluding hydrogens is 433 g/mol. The lowest BCUT2D eigenvalue weighted by atomic mass is 10.1. The zero-order chi connectivity index (χ0) is 23.1. The minimum atomic E-state index is -0.900. The predicted octanol–water partition coefficient (Wildman–Crippen LogP) is 4.85. The van der Waals surface area contributed by atoms with E-state index >= 15 is 0 Å². The van der Waals surface area contributed by atoms with Crippen molar-refractivity contribution in [3.05, 3.63) is 94.3 Å². The van der Waals surface area contributed by atoms with Crippen LogP contribution in [-0.4, -0.2) is 17.5 Å². The second-order valence-electron chi connectivity index (χ2n) is 6.94. The zero-order valence-electron chi connectivity index (χ0n) is 17.5. The number of carbonyl (C=O) groups excluding carboxylic acids is 2. The van der Waals surface area contributed by atoms with E-state index in [1.807, 2.05) is 0 Å². The van der Waals surface area contributed by atoms with Crippen LogP contribution in [0.15, 0.2) is 71.8 Å². The number of hydrogen-bond donors (Lipinski definition) is 2. The molecule has 3 rings (SSSR count). The summed E-state index contributed by atoms with van der Waals surface area (Å²) in [6.45, 7) is 3.75. The molecule has 6 nitrogen and oxygen atoms in total. The van der Waals surface area contributed by atoms with E-state index in [0.717, 1.165) is 11.1 Å². The van der Waals surface area contributed by atoms with E-state index in [2.05, 4.69) is 15.8 Å². The third kappa shape index (κ3) is 6.15. The highest BCUT2D eigenvalue weighted by Crippen LogP contribution is 2.22. The van der Waals surface area contributed by atoms with E-state index in [-0.39, 0.29) is 5.82 Å². The highest BCUT2D eigenvalue weighted by Gasteiger charge is 2.15. The molecule has 0 unspecified atom stereocenters. The van der Waals surface area contributed by atoms with Crippen molar-refractivity contribution in [2.24, 2.45) is 5.10 Å². The Morgan fingerprint density at radius 3 is 2.38 bits per heavy atom. The summed E-state index contributed by atoms with van der Waals surface area (Å²) in [4.78, 5) is 24.2. The van der Waals surface area contributed by atoms with Gasteiger partial charge >= 0.3 is 11.8 Å². The topological polar surface area (TPSA) is 79.8 Å². The number of anilines is 1. The summed E-state index contributed by atoms with van der Waals surface area (Å²) >= 11 is 6.02. The first-order valence-corrected chi connectivity index (χ1v) is 10.1. The fourth-order valence-electron chi connectivity index (χ4n) is 2.71. The molecule has 2 amide bonds. The number of hydrazone groups is 1. The minimum absolute atomic E-state index is 0.294. The number of benzene rings is 3. The van der Waals surface area contributed by atoms with Gasteiger partial charge in [-0.3, -0.25) is 9.59 Å². The second kappa shape index (κ2) is 10.5. The molecule has 8 heteroatoms. The number of rotatable bonds is 6. The number of ether oxygens (including phenoxy) is 1. The lowest BCUT2D eigenvalue weighted by molar-refractivity contribution is -0.136. The number of nitrogens with zero attached hydrogens (tertiary/aromatic N) is 1. The van der Waals surface area contributed by atoms with Gasteiger partial charge in [-0.25, -0.2) is 9.82 Å². The first-order chi connectivity index (χ1) is 15.3. The molecule has 3 aromatic rings. The van der Waals surface area contributed by atoms with Crippen LogP contribution in [0.4, 0.5) is 10.1 Å². The van der Waals surface area contributed by atoms with Crippen molar-refractivity contribution in [1.82, 2.24) is 5.43 Å². The Labute approximate surface area is 190 Å². The Morgan fingerprint density at radius 1 is 1.00 bits per heavy atom. The Kier molecular flexibility index (Phi) is 7.57. The molecule has 0 bridgehead atoms. The number of nitrogens with one attached hydrogen (secondary N) is 2. The molecule has 0 aliphatic rings. The molecular formula is C24H21ClFN3O3. The molecule has 0 aliphatic carbocycles. The zero-order valence-corrected chi connectivity index (χ0v) is 18.2. The van der Waals surface area contributed by atoms with Gasteiger partial charge in [0.25, 0.3) is 0 Å². The van der Waals surface area contributed by atoms with Crippen molar-refractivity contribution >= 4 is 34.8 Å². The maximum Gasteiger partial charge on any atom is 0.329 e. The third-order valence-corrected chi connectivity index (χ3v) is 5.05. The first kappa shape index (κ1) is 23.0. The Balaban J connectivity index is 1.54. The van der Waals surface area contributed by atoms with Crippen LogP contribution in [0, 0.1) is 12.7 Å². The van der Waals surface area contributed by atoms with Gasteiger partial charge in [0.2, 0.25) is 0 Å². The lowest BCUT2D eigenvalue weighted by Crippen LogP contribution is -2.33. The predicted molar refractivity (Wildman–Crippen MR) is 122 cm³/mol. The van der Waals surface area contributed by atoms with Crippen LogP contribution < -0.4 is 15.5 Å². The fraction of sp³-hybridized carbons (Fsp3) is 0.125.